The third-order valence-electron chi connectivity index (χ3n) is 5.71. The molecule has 0 saturated carbocycles. The fourth-order valence-corrected chi connectivity index (χ4v) is 5.82. The summed E-state index contributed by atoms with van der Waals surface area (Å²) in [6, 6.07) is 18.4. The van der Waals surface area contributed by atoms with E-state index in [1.54, 1.807) is 24.3 Å². The van der Waals surface area contributed by atoms with E-state index in [1.807, 2.05) is 64.1 Å². The van der Waals surface area contributed by atoms with Gasteiger partial charge in [0.05, 0.1) is 11.4 Å². The first-order valence-corrected chi connectivity index (χ1v) is 13.6. The van der Waals surface area contributed by atoms with Crippen molar-refractivity contribution in [3.63, 3.8) is 0 Å². The minimum absolute atomic E-state index is 0.104. The number of hydrogen-bond acceptors (Lipinski definition) is 3. The maximum Gasteiger partial charge on any atom is 0.243 e. The Labute approximate surface area is 211 Å². The summed E-state index contributed by atoms with van der Waals surface area (Å²) in [6.07, 6.45) is 1.49. The fraction of sp³-hybridized carbons (Fsp3) is 0.296. The van der Waals surface area contributed by atoms with Crippen LogP contribution in [0.1, 0.15) is 41.7 Å². The molecule has 0 saturated heterocycles. The zero-order valence-corrected chi connectivity index (χ0v) is 22.5. The number of halogens is 1. The van der Waals surface area contributed by atoms with Gasteiger partial charge in [0.2, 0.25) is 15.9 Å². The SMILES string of the molecule is CCc1cc(Br)cc(CC)c1NC(=O)CN(Cc1cccc(C)c1)S(=O)(=O)c1ccc(C)cc1. The second kappa shape index (κ2) is 11.3. The molecule has 7 heteroatoms. The molecule has 0 spiro atoms. The molecule has 0 atom stereocenters. The lowest BCUT2D eigenvalue weighted by Gasteiger charge is -2.23. The van der Waals surface area contributed by atoms with Crippen LogP contribution in [0.2, 0.25) is 0 Å². The molecule has 1 N–H and O–H groups in total. The van der Waals surface area contributed by atoms with E-state index in [0.29, 0.717) is 0 Å². The van der Waals surface area contributed by atoms with Crippen LogP contribution in [-0.2, 0) is 34.2 Å². The van der Waals surface area contributed by atoms with Crippen LogP contribution >= 0.6 is 15.9 Å². The molecule has 34 heavy (non-hydrogen) atoms. The molecule has 0 unspecified atom stereocenters. The van der Waals surface area contributed by atoms with Crippen LogP contribution in [-0.4, -0.2) is 25.2 Å². The number of benzene rings is 3. The van der Waals surface area contributed by atoms with E-state index in [1.165, 1.54) is 4.31 Å². The standard InChI is InChI=1S/C27H31BrN2O3S/c1-5-22-15-24(28)16-23(6-2)27(22)29-26(31)18-30(17-21-9-7-8-20(4)14-21)34(32,33)25-12-10-19(3)11-13-25/h7-16H,5-6,17-18H2,1-4H3,(H,29,31). The molecule has 3 aromatic carbocycles. The summed E-state index contributed by atoms with van der Waals surface area (Å²) < 4.78 is 29.3. The average molecular weight is 544 g/mol. The lowest BCUT2D eigenvalue weighted by Crippen LogP contribution is -2.37. The molecule has 3 rings (SSSR count). The number of carbonyl (C=O) groups is 1. The van der Waals surface area contributed by atoms with E-state index in [4.69, 9.17) is 0 Å². The second-order valence-electron chi connectivity index (χ2n) is 8.43. The number of sulfonamides is 1. The highest BCUT2D eigenvalue weighted by Gasteiger charge is 2.27. The molecular formula is C27H31BrN2O3S. The molecule has 0 aliphatic heterocycles. The van der Waals surface area contributed by atoms with Crippen molar-refractivity contribution < 1.29 is 13.2 Å². The van der Waals surface area contributed by atoms with E-state index in [9.17, 15) is 13.2 Å². The van der Waals surface area contributed by atoms with E-state index < -0.39 is 10.0 Å². The summed E-state index contributed by atoms with van der Waals surface area (Å²) in [5.41, 5.74) is 5.61. The Kier molecular flexibility index (Phi) is 8.68. The first-order valence-electron chi connectivity index (χ1n) is 11.4. The molecule has 0 heterocycles. The van der Waals surface area contributed by atoms with Gasteiger partial charge in [-0.1, -0.05) is 77.3 Å². The summed E-state index contributed by atoms with van der Waals surface area (Å²) in [4.78, 5) is 13.4. The molecule has 0 aromatic heterocycles. The normalized spacial score (nSPS) is 11.6. The van der Waals surface area contributed by atoms with Crippen molar-refractivity contribution in [2.45, 2.75) is 52.0 Å². The molecule has 0 radical (unpaired) electrons. The highest BCUT2D eigenvalue weighted by molar-refractivity contribution is 9.10. The number of anilines is 1. The van der Waals surface area contributed by atoms with Gasteiger partial charge in [-0.15, -0.1) is 0 Å². The Morgan fingerprint density at radius 1 is 0.912 bits per heavy atom. The Morgan fingerprint density at radius 3 is 2.09 bits per heavy atom. The zero-order valence-electron chi connectivity index (χ0n) is 20.1. The third-order valence-corrected chi connectivity index (χ3v) is 7.98. The van der Waals surface area contributed by atoms with Crippen molar-refractivity contribution in [1.29, 1.82) is 0 Å². The van der Waals surface area contributed by atoms with Crippen molar-refractivity contribution in [2.24, 2.45) is 0 Å². The van der Waals surface area contributed by atoms with Crippen LogP contribution in [0.15, 0.2) is 70.0 Å². The summed E-state index contributed by atoms with van der Waals surface area (Å²) >= 11 is 3.53. The van der Waals surface area contributed by atoms with Gasteiger partial charge >= 0.3 is 0 Å². The van der Waals surface area contributed by atoms with Crippen LogP contribution in [0.4, 0.5) is 5.69 Å². The van der Waals surface area contributed by atoms with Crippen molar-refractivity contribution in [3.8, 4) is 0 Å². The molecule has 1 amide bonds. The first kappa shape index (κ1) is 26.1. The maximum absolute atomic E-state index is 13.6. The molecule has 0 aliphatic carbocycles. The molecule has 5 nitrogen and oxygen atoms in total. The van der Waals surface area contributed by atoms with Crippen molar-refractivity contribution >= 4 is 37.5 Å². The number of carbonyl (C=O) groups excluding carboxylic acids is 1. The largest absolute Gasteiger partial charge is 0.324 e. The monoisotopic (exact) mass is 542 g/mol. The van der Waals surface area contributed by atoms with Gasteiger partial charge in [-0.25, -0.2) is 8.42 Å². The van der Waals surface area contributed by atoms with Gasteiger partial charge < -0.3 is 5.32 Å². The minimum Gasteiger partial charge on any atom is -0.324 e. The summed E-state index contributed by atoms with van der Waals surface area (Å²) in [7, 11) is -3.89. The van der Waals surface area contributed by atoms with Crippen molar-refractivity contribution in [2.75, 3.05) is 11.9 Å². The zero-order chi connectivity index (χ0) is 24.9. The van der Waals surface area contributed by atoms with Gasteiger partial charge in [0.15, 0.2) is 0 Å². The number of rotatable bonds is 9. The van der Waals surface area contributed by atoms with Crippen molar-refractivity contribution in [1.82, 2.24) is 4.31 Å². The van der Waals surface area contributed by atoms with Crippen molar-refractivity contribution in [3.05, 3.63) is 93.0 Å². The predicted octanol–water partition coefficient (Wildman–Crippen LogP) is 6.02. The molecule has 0 bridgehead atoms. The highest BCUT2D eigenvalue weighted by atomic mass is 79.9. The van der Waals surface area contributed by atoms with E-state index >= 15 is 0 Å². The number of aryl methyl sites for hydroxylation is 4. The summed E-state index contributed by atoms with van der Waals surface area (Å²) in [5.74, 6) is -0.366. The van der Waals surface area contributed by atoms with Gasteiger partial charge in [-0.05, 0) is 67.6 Å². The van der Waals surface area contributed by atoms with Crippen LogP contribution in [0.5, 0.6) is 0 Å². The molecule has 0 aliphatic rings. The second-order valence-corrected chi connectivity index (χ2v) is 11.3. The maximum atomic E-state index is 13.6. The van der Waals surface area contributed by atoms with Crippen LogP contribution in [0, 0.1) is 13.8 Å². The number of amides is 1. The smallest absolute Gasteiger partial charge is 0.243 e. The van der Waals surface area contributed by atoms with Crippen LogP contribution in [0.3, 0.4) is 0 Å². The Morgan fingerprint density at radius 2 is 1.53 bits per heavy atom. The third kappa shape index (κ3) is 6.34. The summed E-state index contributed by atoms with van der Waals surface area (Å²) in [6.45, 7) is 7.75. The molecule has 0 fully saturated rings. The first-order chi connectivity index (χ1) is 16.1. The minimum atomic E-state index is -3.89. The van der Waals surface area contributed by atoms with Gasteiger partial charge in [-0.2, -0.15) is 4.31 Å². The Hall–Kier alpha value is -2.48. The van der Waals surface area contributed by atoms with Crippen LogP contribution < -0.4 is 5.32 Å². The molecule has 3 aromatic rings. The number of nitrogens with one attached hydrogen (secondary N) is 1. The number of hydrogen-bond donors (Lipinski definition) is 1. The van der Waals surface area contributed by atoms with E-state index in [0.717, 1.165) is 50.8 Å². The van der Waals surface area contributed by atoms with Gasteiger partial charge in [0.1, 0.15) is 0 Å². The van der Waals surface area contributed by atoms with Gasteiger partial charge in [0.25, 0.3) is 0 Å². The van der Waals surface area contributed by atoms with E-state index in [2.05, 4.69) is 21.2 Å². The fourth-order valence-electron chi connectivity index (χ4n) is 3.88. The van der Waals surface area contributed by atoms with Gasteiger partial charge in [0, 0.05) is 16.7 Å². The lowest BCUT2D eigenvalue weighted by molar-refractivity contribution is -0.116. The topological polar surface area (TPSA) is 66.5 Å². The van der Waals surface area contributed by atoms with E-state index in [-0.39, 0.29) is 23.9 Å². The quantitative estimate of drug-likeness (QED) is 0.359. The highest BCUT2D eigenvalue weighted by Crippen LogP contribution is 2.28. The lowest BCUT2D eigenvalue weighted by atomic mass is 10.0. The average Bonchev–Trinajstić information content (AvgIpc) is 2.79. The predicted molar refractivity (Wildman–Crippen MR) is 141 cm³/mol. The van der Waals surface area contributed by atoms with Crippen LogP contribution in [0.25, 0.3) is 0 Å². The Balaban J connectivity index is 1.94. The van der Waals surface area contributed by atoms with Gasteiger partial charge in [-0.3, -0.25) is 4.79 Å². The number of nitrogens with zero attached hydrogens (tertiary/aromatic N) is 1. The molecular weight excluding hydrogens is 512 g/mol. The molecule has 180 valence electrons. The summed E-state index contributed by atoms with van der Waals surface area (Å²) in [5, 5.41) is 3.00. The Bertz CT molecular complexity index is 1250.